The number of sulfonamides is 1. The van der Waals surface area contributed by atoms with Crippen LogP contribution < -0.4 is 10.6 Å². The molecule has 0 aromatic carbocycles. The third-order valence-corrected chi connectivity index (χ3v) is 8.12. The number of fused-ring (bicyclic) bond motifs is 1. The lowest BCUT2D eigenvalue weighted by atomic mass is 9.92. The summed E-state index contributed by atoms with van der Waals surface area (Å²) >= 11 is 0. The second-order valence-electron chi connectivity index (χ2n) is 8.16. The van der Waals surface area contributed by atoms with Crippen LogP contribution in [0.15, 0.2) is 18.5 Å². The highest BCUT2D eigenvalue weighted by molar-refractivity contribution is 7.89. The quantitative estimate of drug-likeness (QED) is 0.643. The summed E-state index contributed by atoms with van der Waals surface area (Å²) < 4.78 is 26.1. The highest BCUT2D eigenvalue weighted by Gasteiger charge is 2.30. The molecule has 1 amide bonds. The predicted octanol–water partition coefficient (Wildman–Crippen LogP) is 2.15. The first kappa shape index (κ1) is 21.0. The molecule has 1 aromatic rings. The van der Waals surface area contributed by atoms with Gasteiger partial charge in [-0.05, 0) is 50.7 Å². The minimum absolute atomic E-state index is 0.0448. The van der Waals surface area contributed by atoms with E-state index in [4.69, 9.17) is 0 Å². The van der Waals surface area contributed by atoms with E-state index in [1.165, 1.54) is 0 Å². The first-order chi connectivity index (χ1) is 13.4. The van der Waals surface area contributed by atoms with Crippen LogP contribution in [-0.2, 0) is 21.2 Å². The highest BCUT2D eigenvalue weighted by Crippen LogP contribution is 2.26. The van der Waals surface area contributed by atoms with Crippen LogP contribution in [0.4, 0.5) is 5.69 Å². The Morgan fingerprint density at radius 3 is 2.75 bits per heavy atom. The summed E-state index contributed by atoms with van der Waals surface area (Å²) in [4.78, 5) is 16.4. The lowest BCUT2D eigenvalue weighted by Gasteiger charge is -2.32. The van der Waals surface area contributed by atoms with E-state index in [0.717, 1.165) is 43.4 Å². The van der Waals surface area contributed by atoms with E-state index in [1.807, 2.05) is 12.3 Å². The number of rotatable bonds is 8. The molecule has 0 saturated carbocycles. The Balaban J connectivity index is 1.29. The monoisotopic (exact) mass is 408 g/mol. The zero-order chi connectivity index (χ0) is 20.1. The van der Waals surface area contributed by atoms with Crippen LogP contribution in [0.2, 0.25) is 0 Å². The van der Waals surface area contributed by atoms with Gasteiger partial charge in [0.15, 0.2) is 0 Å². The number of nitrogens with zero attached hydrogens (tertiary/aromatic N) is 2. The van der Waals surface area contributed by atoms with E-state index >= 15 is 0 Å². The van der Waals surface area contributed by atoms with Gasteiger partial charge in [-0.1, -0.05) is 12.8 Å². The van der Waals surface area contributed by atoms with Gasteiger partial charge in [0.05, 0.1) is 5.25 Å². The molecule has 1 saturated heterocycles. The van der Waals surface area contributed by atoms with Gasteiger partial charge in [-0.3, -0.25) is 9.78 Å². The summed E-state index contributed by atoms with van der Waals surface area (Å²) in [5, 5.41) is 5.93. The van der Waals surface area contributed by atoms with Crippen molar-refractivity contribution in [3.05, 3.63) is 24.0 Å². The van der Waals surface area contributed by atoms with Crippen molar-refractivity contribution in [3.8, 4) is 0 Å². The molecular weight excluding hydrogens is 376 g/mol. The minimum atomic E-state index is -3.11. The van der Waals surface area contributed by atoms with E-state index in [9.17, 15) is 13.2 Å². The van der Waals surface area contributed by atoms with Gasteiger partial charge in [-0.15, -0.1) is 0 Å². The third kappa shape index (κ3) is 5.03. The number of carbonyl (C=O) groups is 1. The molecule has 0 aliphatic carbocycles. The van der Waals surface area contributed by atoms with E-state index in [2.05, 4.69) is 15.6 Å². The van der Waals surface area contributed by atoms with Crippen LogP contribution >= 0.6 is 0 Å². The maximum atomic E-state index is 12.3. The Bertz CT molecular complexity index is 748. The molecule has 8 heteroatoms. The molecule has 0 spiro atoms. The zero-order valence-corrected chi connectivity index (χ0v) is 17.7. The normalized spacial score (nSPS) is 20.8. The highest BCUT2D eigenvalue weighted by atomic mass is 32.2. The van der Waals surface area contributed by atoms with Crippen molar-refractivity contribution in [3.63, 3.8) is 0 Å². The Labute approximate surface area is 168 Å². The fourth-order valence-corrected chi connectivity index (χ4v) is 5.31. The summed E-state index contributed by atoms with van der Waals surface area (Å²) in [6.45, 7) is 5.46. The van der Waals surface area contributed by atoms with Crippen LogP contribution in [0.25, 0.3) is 0 Å². The SMILES string of the molecule is CC(C)S(=O)(=O)N1CCC(CCCCNC(=O)C2Cc3cnccc3N2)CC1. The van der Waals surface area contributed by atoms with Crippen molar-refractivity contribution >= 4 is 21.6 Å². The van der Waals surface area contributed by atoms with Gasteiger partial charge < -0.3 is 10.6 Å². The summed E-state index contributed by atoms with van der Waals surface area (Å²) in [5.74, 6) is 0.635. The van der Waals surface area contributed by atoms with Crippen molar-refractivity contribution in [1.29, 1.82) is 0 Å². The number of unbranched alkanes of at least 4 members (excludes halogenated alkanes) is 1. The number of anilines is 1. The van der Waals surface area contributed by atoms with Crippen LogP contribution in [0.5, 0.6) is 0 Å². The smallest absolute Gasteiger partial charge is 0.242 e. The molecule has 1 atom stereocenters. The maximum Gasteiger partial charge on any atom is 0.242 e. The van der Waals surface area contributed by atoms with Crippen molar-refractivity contribution in [2.24, 2.45) is 5.92 Å². The van der Waals surface area contributed by atoms with E-state index in [0.29, 0.717) is 32.0 Å². The van der Waals surface area contributed by atoms with Crippen molar-refractivity contribution < 1.29 is 13.2 Å². The molecule has 0 radical (unpaired) electrons. The summed E-state index contributed by atoms with van der Waals surface area (Å²) in [7, 11) is -3.11. The van der Waals surface area contributed by atoms with Crippen molar-refractivity contribution in [2.75, 3.05) is 25.0 Å². The molecule has 3 rings (SSSR count). The maximum absolute atomic E-state index is 12.3. The number of amides is 1. The van der Waals surface area contributed by atoms with Crippen LogP contribution in [0.1, 0.15) is 51.5 Å². The number of carbonyl (C=O) groups excluding carboxylic acids is 1. The lowest BCUT2D eigenvalue weighted by molar-refractivity contribution is -0.121. The van der Waals surface area contributed by atoms with Crippen LogP contribution in [-0.4, -0.2) is 54.5 Å². The van der Waals surface area contributed by atoms with Gasteiger partial charge in [-0.2, -0.15) is 0 Å². The van der Waals surface area contributed by atoms with Crippen LogP contribution in [0.3, 0.4) is 0 Å². The Kier molecular flexibility index (Phi) is 6.93. The molecular formula is C20H32N4O3S. The number of aromatic nitrogens is 1. The van der Waals surface area contributed by atoms with Gasteiger partial charge in [0.2, 0.25) is 15.9 Å². The first-order valence-corrected chi connectivity index (χ1v) is 11.8. The molecule has 1 fully saturated rings. The average Bonchev–Trinajstić information content (AvgIpc) is 3.12. The second kappa shape index (κ2) is 9.22. The fraction of sp³-hybridized carbons (Fsp3) is 0.700. The topological polar surface area (TPSA) is 91.4 Å². The Hall–Kier alpha value is -1.67. The molecule has 7 nitrogen and oxygen atoms in total. The molecule has 2 aliphatic rings. The first-order valence-electron chi connectivity index (χ1n) is 10.3. The molecule has 1 unspecified atom stereocenters. The standard InChI is InChI=1S/C20H32N4O3S/c1-15(2)28(26,27)24-11-7-16(8-12-24)5-3-4-9-22-20(25)19-13-17-14-21-10-6-18(17)23-19/h6,10,14-16,19,23H,3-5,7-9,11-13H2,1-2H3,(H,22,25). The number of pyridine rings is 1. The minimum Gasteiger partial charge on any atom is -0.373 e. The molecule has 3 heterocycles. The lowest BCUT2D eigenvalue weighted by Crippen LogP contribution is -2.41. The fourth-order valence-electron chi connectivity index (χ4n) is 3.99. The zero-order valence-electron chi connectivity index (χ0n) is 16.9. The second-order valence-corrected chi connectivity index (χ2v) is 10.6. The van der Waals surface area contributed by atoms with Crippen LogP contribution in [0, 0.1) is 5.92 Å². The molecule has 2 aliphatic heterocycles. The predicted molar refractivity (Wildman–Crippen MR) is 111 cm³/mol. The molecule has 28 heavy (non-hydrogen) atoms. The van der Waals surface area contributed by atoms with Gasteiger partial charge in [0.25, 0.3) is 0 Å². The van der Waals surface area contributed by atoms with Gasteiger partial charge in [0, 0.05) is 44.1 Å². The van der Waals surface area contributed by atoms with Gasteiger partial charge in [-0.25, -0.2) is 12.7 Å². The molecule has 1 aromatic heterocycles. The third-order valence-electron chi connectivity index (χ3n) is 5.84. The van der Waals surface area contributed by atoms with E-state index in [-0.39, 0.29) is 17.2 Å². The number of nitrogens with one attached hydrogen (secondary N) is 2. The molecule has 0 bridgehead atoms. The Morgan fingerprint density at radius 1 is 1.32 bits per heavy atom. The number of hydrogen-bond acceptors (Lipinski definition) is 5. The summed E-state index contributed by atoms with van der Waals surface area (Å²) in [5.41, 5.74) is 2.09. The Morgan fingerprint density at radius 2 is 2.07 bits per heavy atom. The number of hydrogen-bond donors (Lipinski definition) is 2. The summed E-state index contributed by atoms with van der Waals surface area (Å²) in [6.07, 6.45) is 9.23. The number of piperidine rings is 1. The van der Waals surface area contributed by atoms with Gasteiger partial charge >= 0.3 is 0 Å². The average molecular weight is 409 g/mol. The van der Waals surface area contributed by atoms with E-state index in [1.54, 1.807) is 24.3 Å². The van der Waals surface area contributed by atoms with Crippen molar-refractivity contribution in [2.45, 2.75) is 63.7 Å². The van der Waals surface area contributed by atoms with Crippen molar-refractivity contribution in [1.82, 2.24) is 14.6 Å². The molecule has 156 valence electrons. The molecule has 2 N–H and O–H groups in total. The van der Waals surface area contributed by atoms with Gasteiger partial charge in [0.1, 0.15) is 6.04 Å². The largest absolute Gasteiger partial charge is 0.373 e. The summed E-state index contributed by atoms with van der Waals surface area (Å²) in [6, 6.07) is 1.70. The van der Waals surface area contributed by atoms with E-state index < -0.39 is 10.0 Å².